The van der Waals surface area contributed by atoms with Crippen molar-refractivity contribution < 1.29 is 19.0 Å². The predicted octanol–water partition coefficient (Wildman–Crippen LogP) is 2.18. The highest BCUT2D eigenvalue weighted by atomic mass is 16.6. The van der Waals surface area contributed by atoms with E-state index in [1.165, 1.54) is 0 Å². The molecule has 0 bridgehead atoms. The van der Waals surface area contributed by atoms with Crippen LogP contribution in [0.2, 0.25) is 0 Å². The Morgan fingerprint density at radius 2 is 2.14 bits per heavy atom. The molecule has 0 amide bonds. The Labute approximate surface area is 125 Å². The Bertz CT molecular complexity index is 469. The molecule has 1 aliphatic rings. The van der Waals surface area contributed by atoms with Crippen LogP contribution in [0.25, 0.3) is 0 Å². The summed E-state index contributed by atoms with van der Waals surface area (Å²) in [6, 6.07) is 5.53. The molecular formula is C16H23NO4. The summed E-state index contributed by atoms with van der Waals surface area (Å²) in [5.41, 5.74) is 7.87. The number of nitrogens with two attached hydrogens (primary N) is 1. The first-order chi connectivity index (χ1) is 10.2. The molecule has 0 saturated carbocycles. The monoisotopic (exact) mass is 293 g/mol. The first-order valence-corrected chi connectivity index (χ1v) is 7.43. The Balaban J connectivity index is 1.94. The van der Waals surface area contributed by atoms with Crippen LogP contribution >= 0.6 is 0 Å². The fraction of sp³-hybridized carbons (Fsp3) is 0.562. The molecule has 116 valence electrons. The molecule has 1 aromatic carbocycles. The number of nitrogen functional groups attached to an aromatic ring is 1. The highest BCUT2D eigenvalue weighted by molar-refractivity contribution is 5.71. The Morgan fingerprint density at radius 3 is 2.86 bits per heavy atom. The highest BCUT2D eigenvalue weighted by Gasteiger charge is 2.16. The second kappa shape index (κ2) is 7.88. The van der Waals surface area contributed by atoms with Gasteiger partial charge in [0.2, 0.25) is 0 Å². The van der Waals surface area contributed by atoms with Crippen molar-refractivity contribution in [2.45, 2.75) is 26.2 Å². The Hall–Kier alpha value is -1.75. The summed E-state index contributed by atoms with van der Waals surface area (Å²) in [4.78, 5) is 11.3. The fourth-order valence-corrected chi connectivity index (χ4v) is 2.46. The molecule has 1 saturated heterocycles. The van der Waals surface area contributed by atoms with E-state index >= 15 is 0 Å². The standard InChI is InChI=1S/C16H23NO4/c1-2-20-16(18)11-21-14-3-4-15(17)13(10-14)9-12-5-7-19-8-6-12/h3-4,10,12H,2,5-9,11,17H2,1H3. The zero-order chi connectivity index (χ0) is 15.1. The van der Waals surface area contributed by atoms with E-state index in [4.69, 9.17) is 19.9 Å². The van der Waals surface area contributed by atoms with Crippen molar-refractivity contribution in [3.8, 4) is 5.75 Å². The van der Waals surface area contributed by atoms with E-state index in [1.54, 1.807) is 13.0 Å². The molecule has 1 heterocycles. The summed E-state index contributed by atoms with van der Waals surface area (Å²) in [5, 5.41) is 0. The largest absolute Gasteiger partial charge is 0.482 e. The molecule has 1 aromatic rings. The molecule has 0 atom stereocenters. The topological polar surface area (TPSA) is 70.8 Å². The van der Waals surface area contributed by atoms with Crippen LogP contribution in [-0.4, -0.2) is 32.4 Å². The molecule has 21 heavy (non-hydrogen) atoms. The van der Waals surface area contributed by atoms with Gasteiger partial charge in [0, 0.05) is 18.9 Å². The third kappa shape index (κ3) is 4.93. The first-order valence-electron chi connectivity index (χ1n) is 7.43. The minimum absolute atomic E-state index is 0.0749. The lowest BCUT2D eigenvalue weighted by molar-refractivity contribution is -0.145. The van der Waals surface area contributed by atoms with Gasteiger partial charge in [-0.15, -0.1) is 0 Å². The third-order valence-electron chi connectivity index (χ3n) is 3.63. The van der Waals surface area contributed by atoms with Crippen LogP contribution in [0.1, 0.15) is 25.3 Å². The lowest BCUT2D eigenvalue weighted by atomic mass is 9.91. The molecule has 0 spiro atoms. The molecule has 0 aromatic heterocycles. The lowest BCUT2D eigenvalue weighted by Crippen LogP contribution is -2.18. The number of hydrogen-bond donors (Lipinski definition) is 1. The van der Waals surface area contributed by atoms with Crippen molar-refractivity contribution in [2.24, 2.45) is 5.92 Å². The van der Waals surface area contributed by atoms with E-state index in [9.17, 15) is 4.79 Å². The lowest BCUT2D eigenvalue weighted by Gasteiger charge is -2.22. The molecule has 2 N–H and O–H groups in total. The summed E-state index contributed by atoms with van der Waals surface area (Å²) in [6.45, 7) is 3.70. The van der Waals surface area contributed by atoms with Crippen molar-refractivity contribution in [1.82, 2.24) is 0 Å². The van der Waals surface area contributed by atoms with Gasteiger partial charge >= 0.3 is 5.97 Å². The van der Waals surface area contributed by atoms with Crippen LogP contribution in [0, 0.1) is 5.92 Å². The van der Waals surface area contributed by atoms with Crippen LogP contribution in [0.15, 0.2) is 18.2 Å². The van der Waals surface area contributed by atoms with Gasteiger partial charge in [0.25, 0.3) is 0 Å². The summed E-state index contributed by atoms with van der Waals surface area (Å²) < 4.78 is 15.7. The van der Waals surface area contributed by atoms with Crippen molar-refractivity contribution in [3.05, 3.63) is 23.8 Å². The number of esters is 1. The summed E-state index contributed by atoms with van der Waals surface area (Å²) >= 11 is 0. The van der Waals surface area contributed by atoms with E-state index in [0.717, 1.165) is 43.7 Å². The molecule has 1 fully saturated rings. The first kappa shape index (κ1) is 15.6. The molecule has 1 aliphatic heterocycles. The molecule has 0 unspecified atom stereocenters. The van der Waals surface area contributed by atoms with Gasteiger partial charge in [-0.3, -0.25) is 0 Å². The summed E-state index contributed by atoms with van der Waals surface area (Å²) in [7, 11) is 0. The third-order valence-corrected chi connectivity index (χ3v) is 3.63. The minimum atomic E-state index is -0.361. The van der Waals surface area contributed by atoms with Crippen molar-refractivity contribution in [3.63, 3.8) is 0 Å². The normalized spacial score (nSPS) is 15.7. The number of benzene rings is 1. The maximum atomic E-state index is 11.3. The van der Waals surface area contributed by atoms with E-state index in [1.807, 2.05) is 12.1 Å². The van der Waals surface area contributed by atoms with Gasteiger partial charge < -0.3 is 19.9 Å². The van der Waals surface area contributed by atoms with Gasteiger partial charge in [0.05, 0.1) is 6.61 Å². The average molecular weight is 293 g/mol. The van der Waals surface area contributed by atoms with E-state index in [-0.39, 0.29) is 12.6 Å². The second-order valence-corrected chi connectivity index (χ2v) is 5.21. The van der Waals surface area contributed by atoms with Crippen LogP contribution in [0.4, 0.5) is 5.69 Å². The molecule has 2 rings (SSSR count). The quantitative estimate of drug-likeness (QED) is 0.643. The van der Waals surface area contributed by atoms with Gasteiger partial charge in [-0.1, -0.05) is 0 Å². The SMILES string of the molecule is CCOC(=O)COc1ccc(N)c(CC2CCOCC2)c1. The summed E-state index contributed by atoms with van der Waals surface area (Å²) in [6.07, 6.45) is 3.05. The molecule has 0 radical (unpaired) electrons. The number of hydrogen-bond acceptors (Lipinski definition) is 5. The maximum absolute atomic E-state index is 11.3. The number of rotatable bonds is 6. The van der Waals surface area contributed by atoms with Gasteiger partial charge in [-0.25, -0.2) is 4.79 Å². The van der Waals surface area contributed by atoms with Crippen LogP contribution in [-0.2, 0) is 20.7 Å². The Kier molecular flexibility index (Phi) is 5.87. The molecule has 5 nitrogen and oxygen atoms in total. The van der Waals surface area contributed by atoms with Crippen LogP contribution in [0.5, 0.6) is 5.75 Å². The minimum Gasteiger partial charge on any atom is -0.482 e. The number of anilines is 1. The fourth-order valence-electron chi connectivity index (χ4n) is 2.46. The number of ether oxygens (including phenoxy) is 3. The zero-order valence-corrected chi connectivity index (χ0v) is 12.5. The van der Waals surface area contributed by atoms with E-state index in [2.05, 4.69) is 0 Å². The van der Waals surface area contributed by atoms with Gasteiger partial charge in [0.1, 0.15) is 5.75 Å². The van der Waals surface area contributed by atoms with Crippen molar-refractivity contribution in [2.75, 3.05) is 32.2 Å². The number of carbonyl (C=O) groups is 1. The van der Waals surface area contributed by atoms with Gasteiger partial charge in [-0.2, -0.15) is 0 Å². The zero-order valence-electron chi connectivity index (χ0n) is 12.5. The second-order valence-electron chi connectivity index (χ2n) is 5.21. The van der Waals surface area contributed by atoms with Crippen LogP contribution in [0.3, 0.4) is 0 Å². The predicted molar refractivity (Wildman–Crippen MR) is 80.2 cm³/mol. The van der Waals surface area contributed by atoms with Gasteiger partial charge in [0.15, 0.2) is 6.61 Å². The van der Waals surface area contributed by atoms with Crippen molar-refractivity contribution >= 4 is 11.7 Å². The van der Waals surface area contributed by atoms with E-state index < -0.39 is 0 Å². The Morgan fingerprint density at radius 1 is 1.38 bits per heavy atom. The molecule has 0 aliphatic carbocycles. The van der Waals surface area contributed by atoms with Crippen molar-refractivity contribution in [1.29, 1.82) is 0 Å². The smallest absolute Gasteiger partial charge is 0.344 e. The maximum Gasteiger partial charge on any atom is 0.344 e. The van der Waals surface area contributed by atoms with Crippen LogP contribution < -0.4 is 10.5 Å². The number of carbonyl (C=O) groups excluding carboxylic acids is 1. The van der Waals surface area contributed by atoms with Gasteiger partial charge in [-0.05, 0) is 55.9 Å². The average Bonchev–Trinajstić information content (AvgIpc) is 2.49. The summed E-state index contributed by atoms with van der Waals surface area (Å²) in [5.74, 6) is 0.890. The highest BCUT2D eigenvalue weighted by Crippen LogP contribution is 2.26. The van der Waals surface area contributed by atoms with E-state index in [0.29, 0.717) is 18.3 Å². The molecular weight excluding hydrogens is 270 g/mol. The molecule has 5 heteroatoms.